The Morgan fingerprint density at radius 1 is 1.24 bits per heavy atom. The Bertz CT molecular complexity index is 737. The van der Waals surface area contributed by atoms with Gasteiger partial charge in [0.2, 0.25) is 0 Å². The van der Waals surface area contributed by atoms with Crippen molar-refractivity contribution in [3.8, 4) is 0 Å². The highest BCUT2D eigenvalue weighted by molar-refractivity contribution is 6.34. The van der Waals surface area contributed by atoms with Crippen LogP contribution in [-0.4, -0.2) is 16.2 Å². The summed E-state index contributed by atoms with van der Waals surface area (Å²) in [5, 5.41) is 4.56. The first-order valence-corrected chi connectivity index (χ1v) is 6.69. The summed E-state index contributed by atoms with van der Waals surface area (Å²) in [6.45, 7) is 1.66. The van der Waals surface area contributed by atoms with E-state index < -0.39 is 0 Å². The minimum Gasteiger partial charge on any atom is -0.306 e. The smallest absolute Gasteiger partial charge is 0.260 e. The third kappa shape index (κ3) is 4.03. The van der Waals surface area contributed by atoms with Crippen LogP contribution in [0.15, 0.2) is 58.6 Å². The van der Waals surface area contributed by atoms with E-state index in [1.54, 1.807) is 31.3 Å². The number of carbonyl (C=O) groups excluding carboxylic acids is 1. The van der Waals surface area contributed by atoms with Gasteiger partial charge in [0.05, 0.1) is 5.71 Å². The molecule has 108 valence electrons. The van der Waals surface area contributed by atoms with Crippen LogP contribution in [-0.2, 0) is 11.3 Å². The number of carbonyl (C=O) groups is 1. The standard InChI is InChI=1S/C15H14ClN3O2/c1-11(12-6-2-3-7-13(12)16)17-18-14(20)10-19-9-5-4-8-15(19)21/h2-9H,10H2,1H3,(H,18,20)/b17-11-. The van der Waals surface area contributed by atoms with E-state index in [2.05, 4.69) is 10.5 Å². The van der Waals surface area contributed by atoms with Gasteiger partial charge < -0.3 is 4.57 Å². The molecule has 0 fully saturated rings. The summed E-state index contributed by atoms with van der Waals surface area (Å²) < 4.78 is 1.30. The van der Waals surface area contributed by atoms with Crippen molar-refractivity contribution in [2.45, 2.75) is 13.5 Å². The number of benzene rings is 1. The highest BCUT2D eigenvalue weighted by Crippen LogP contribution is 2.15. The Hall–Kier alpha value is -2.40. The number of hydrogen-bond acceptors (Lipinski definition) is 3. The molecule has 1 aromatic heterocycles. The van der Waals surface area contributed by atoms with E-state index in [1.807, 2.05) is 18.2 Å². The average molecular weight is 304 g/mol. The number of nitrogens with zero attached hydrogens (tertiary/aromatic N) is 2. The quantitative estimate of drug-likeness (QED) is 0.694. The number of hydrazone groups is 1. The Balaban J connectivity index is 2.04. The number of nitrogens with one attached hydrogen (secondary N) is 1. The van der Waals surface area contributed by atoms with E-state index in [0.29, 0.717) is 10.7 Å². The molecule has 0 bridgehead atoms. The molecule has 5 nitrogen and oxygen atoms in total. The summed E-state index contributed by atoms with van der Waals surface area (Å²) in [5.74, 6) is -0.380. The van der Waals surface area contributed by atoms with Gasteiger partial charge in [-0.25, -0.2) is 5.43 Å². The number of halogens is 1. The van der Waals surface area contributed by atoms with Gasteiger partial charge in [0.25, 0.3) is 11.5 Å². The molecule has 2 aromatic rings. The van der Waals surface area contributed by atoms with Crippen LogP contribution in [0, 0.1) is 0 Å². The third-order valence-electron chi connectivity index (χ3n) is 2.82. The Morgan fingerprint density at radius 3 is 2.67 bits per heavy atom. The molecule has 0 saturated heterocycles. The maximum Gasteiger partial charge on any atom is 0.260 e. The summed E-state index contributed by atoms with van der Waals surface area (Å²) in [4.78, 5) is 23.3. The monoisotopic (exact) mass is 303 g/mol. The molecule has 1 N–H and O–H groups in total. The number of hydrogen-bond donors (Lipinski definition) is 1. The molecule has 0 aliphatic heterocycles. The predicted octanol–water partition coefficient (Wildman–Crippen LogP) is 2.04. The van der Waals surface area contributed by atoms with Crippen molar-refractivity contribution < 1.29 is 4.79 Å². The average Bonchev–Trinajstić information content (AvgIpc) is 2.48. The van der Waals surface area contributed by atoms with Crippen molar-refractivity contribution >= 4 is 23.2 Å². The first-order valence-electron chi connectivity index (χ1n) is 6.31. The molecule has 1 heterocycles. The molecule has 1 amide bonds. The molecule has 21 heavy (non-hydrogen) atoms. The molecule has 2 rings (SSSR count). The lowest BCUT2D eigenvalue weighted by molar-refractivity contribution is -0.121. The lowest BCUT2D eigenvalue weighted by Crippen LogP contribution is -2.29. The minimum absolute atomic E-state index is 0.0844. The van der Waals surface area contributed by atoms with Crippen molar-refractivity contribution in [2.24, 2.45) is 5.10 Å². The van der Waals surface area contributed by atoms with Gasteiger partial charge >= 0.3 is 0 Å². The molecular formula is C15H14ClN3O2. The second-order valence-electron chi connectivity index (χ2n) is 4.38. The van der Waals surface area contributed by atoms with Crippen LogP contribution in [0.1, 0.15) is 12.5 Å². The van der Waals surface area contributed by atoms with Crippen LogP contribution in [0.4, 0.5) is 0 Å². The van der Waals surface area contributed by atoms with Gasteiger partial charge in [-0.3, -0.25) is 9.59 Å². The van der Waals surface area contributed by atoms with Crippen molar-refractivity contribution in [3.05, 3.63) is 69.6 Å². The van der Waals surface area contributed by atoms with E-state index in [1.165, 1.54) is 10.6 Å². The van der Waals surface area contributed by atoms with Crippen LogP contribution < -0.4 is 11.0 Å². The number of amides is 1. The van der Waals surface area contributed by atoms with Crippen LogP contribution in [0.3, 0.4) is 0 Å². The lowest BCUT2D eigenvalue weighted by Gasteiger charge is -2.06. The summed E-state index contributed by atoms with van der Waals surface area (Å²) >= 11 is 6.05. The lowest BCUT2D eigenvalue weighted by atomic mass is 10.1. The Morgan fingerprint density at radius 2 is 1.95 bits per heavy atom. The van der Waals surface area contributed by atoms with Crippen LogP contribution >= 0.6 is 11.6 Å². The van der Waals surface area contributed by atoms with E-state index in [9.17, 15) is 9.59 Å². The van der Waals surface area contributed by atoms with Gasteiger partial charge in [-0.15, -0.1) is 0 Å². The van der Waals surface area contributed by atoms with E-state index >= 15 is 0 Å². The molecule has 0 spiro atoms. The third-order valence-corrected chi connectivity index (χ3v) is 3.15. The summed E-state index contributed by atoms with van der Waals surface area (Å²) in [6, 6.07) is 11.9. The van der Waals surface area contributed by atoms with Crippen molar-refractivity contribution in [2.75, 3.05) is 0 Å². The molecule has 0 unspecified atom stereocenters. The highest BCUT2D eigenvalue weighted by atomic mass is 35.5. The first-order chi connectivity index (χ1) is 10.1. The Kier molecular flexibility index (Phi) is 4.90. The van der Waals surface area contributed by atoms with E-state index in [-0.39, 0.29) is 18.0 Å². The zero-order valence-electron chi connectivity index (χ0n) is 11.4. The molecule has 0 aliphatic rings. The SMILES string of the molecule is C/C(=N/NC(=O)Cn1ccccc1=O)c1ccccc1Cl. The van der Waals surface area contributed by atoms with Crippen LogP contribution in [0.25, 0.3) is 0 Å². The van der Waals surface area contributed by atoms with Gasteiger partial charge in [0.1, 0.15) is 6.54 Å². The molecular weight excluding hydrogens is 290 g/mol. The maximum absolute atomic E-state index is 11.8. The van der Waals surface area contributed by atoms with E-state index in [0.717, 1.165) is 5.56 Å². The van der Waals surface area contributed by atoms with Gasteiger partial charge in [-0.1, -0.05) is 35.9 Å². The normalized spacial score (nSPS) is 11.2. The van der Waals surface area contributed by atoms with Crippen LogP contribution in [0.2, 0.25) is 5.02 Å². The van der Waals surface area contributed by atoms with Gasteiger partial charge in [0, 0.05) is 22.8 Å². The summed E-state index contributed by atoms with van der Waals surface area (Å²) in [6.07, 6.45) is 1.55. The molecule has 6 heteroatoms. The zero-order valence-corrected chi connectivity index (χ0v) is 12.2. The molecule has 1 aromatic carbocycles. The minimum atomic E-state index is -0.380. The molecule has 0 radical (unpaired) electrons. The topological polar surface area (TPSA) is 63.5 Å². The largest absolute Gasteiger partial charge is 0.306 e. The molecule has 0 saturated carbocycles. The van der Waals surface area contributed by atoms with Crippen LogP contribution in [0.5, 0.6) is 0 Å². The Labute approximate surface area is 126 Å². The fourth-order valence-corrected chi connectivity index (χ4v) is 2.01. The molecule has 0 aliphatic carbocycles. The van der Waals surface area contributed by atoms with Crippen molar-refractivity contribution in [1.29, 1.82) is 0 Å². The van der Waals surface area contributed by atoms with Gasteiger partial charge in [0.15, 0.2) is 0 Å². The number of pyridine rings is 1. The molecule has 0 atom stereocenters. The zero-order chi connectivity index (χ0) is 15.2. The summed E-state index contributed by atoms with van der Waals surface area (Å²) in [5.41, 5.74) is 3.52. The highest BCUT2D eigenvalue weighted by Gasteiger charge is 2.05. The van der Waals surface area contributed by atoms with Crippen molar-refractivity contribution in [1.82, 2.24) is 9.99 Å². The van der Waals surface area contributed by atoms with Crippen molar-refractivity contribution in [3.63, 3.8) is 0 Å². The fraction of sp³-hybridized carbons (Fsp3) is 0.133. The number of rotatable bonds is 4. The fourth-order valence-electron chi connectivity index (χ4n) is 1.74. The maximum atomic E-state index is 11.8. The van der Waals surface area contributed by atoms with E-state index in [4.69, 9.17) is 11.6 Å². The second kappa shape index (κ2) is 6.85. The predicted molar refractivity (Wildman–Crippen MR) is 82.5 cm³/mol. The second-order valence-corrected chi connectivity index (χ2v) is 4.79. The summed E-state index contributed by atoms with van der Waals surface area (Å²) in [7, 11) is 0. The first kappa shape index (κ1) is 15.0. The van der Waals surface area contributed by atoms with Gasteiger partial charge in [-0.2, -0.15) is 5.10 Å². The van der Waals surface area contributed by atoms with Gasteiger partial charge in [-0.05, 0) is 19.1 Å². The number of aromatic nitrogens is 1.